The van der Waals surface area contributed by atoms with E-state index in [1.807, 2.05) is 18.2 Å². The van der Waals surface area contributed by atoms with Gasteiger partial charge in [-0.2, -0.15) is 0 Å². The summed E-state index contributed by atoms with van der Waals surface area (Å²) in [5, 5.41) is 3.96. The topological polar surface area (TPSA) is 58.9 Å². The van der Waals surface area contributed by atoms with Crippen molar-refractivity contribution in [2.45, 2.75) is 12.6 Å². The number of aromatic nitrogens is 2. The van der Waals surface area contributed by atoms with Crippen LogP contribution in [0.5, 0.6) is 5.75 Å². The fraction of sp³-hybridized carbons (Fsp3) is 0.300. The Hall–Kier alpha value is -2.12. The van der Waals surface area contributed by atoms with Crippen LogP contribution in [-0.4, -0.2) is 41.0 Å². The normalized spacial score (nSPS) is 17.3. The molecule has 1 unspecified atom stereocenters. The van der Waals surface area contributed by atoms with Crippen molar-refractivity contribution in [1.29, 1.82) is 0 Å². The molecule has 4 rings (SSSR count). The van der Waals surface area contributed by atoms with Gasteiger partial charge in [-0.25, -0.2) is 4.98 Å². The number of halogens is 2. The molecule has 1 aliphatic rings. The van der Waals surface area contributed by atoms with E-state index < -0.39 is 0 Å². The molecule has 3 aromatic rings. The van der Waals surface area contributed by atoms with Crippen molar-refractivity contribution >= 4 is 29.7 Å². The first-order chi connectivity index (χ1) is 13.2. The van der Waals surface area contributed by atoms with E-state index in [-0.39, 0.29) is 24.0 Å². The van der Waals surface area contributed by atoms with Crippen LogP contribution >= 0.6 is 24.0 Å². The van der Waals surface area contributed by atoms with E-state index in [4.69, 9.17) is 16.3 Å². The average molecular weight is 421 g/mol. The van der Waals surface area contributed by atoms with Crippen molar-refractivity contribution in [3.63, 3.8) is 0 Å². The minimum Gasteiger partial charge on any atom is -0.496 e. The van der Waals surface area contributed by atoms with Gasteiger partial charge in [0.25, 0.3) is 5.56 Å². The maximum absolute atomic E-state index is 12.5. The quantitative estimate of drug-likeness (QED) is 0.702. The number of ether oxygens (including phenoxy) is 1. The average Bonchev–Trinajstić information content (AvgIpc) is 2.69. The number of hydrogen-bond donors (Lipinski definition) is 1. The zero-order valence-electron chi connectivity index (χ0n) is 15.5. The highest BCUT2D eigenvalue weighted by atomic mass is 35.5. The lowest BCUT2D eigenvalue weighted by atomic mass is 10.0. The number of hydrogen-bond acceptors (Lipinski definition) is 5. The van der Waals surface area contributed by atoms with Crippen molar-refractivity contribution in [3.8, 4) is 5.75 Å². The van der Waals surface area contributed by atoms with Gasteiger partial charge in [-0.1, -0.05) is 29.8 Å². The largest absolute Gasteiger partial charge is 0.496 e. The first-order valence-corrected chi connectivity index (χ1v) is 9.29. The SMILES string of the molecule is COc1ccccc1C1CNCCN1Cc1cc(=O)n2cc(Cl)ccc2n1.Cl. The summed E-state index contributed by atoms with van der Waals surface area (Å²) >= 11 is 5.99. The van der Waals surface area contributed by atoms with Crippen molar-refractivity contribution in [2.75, 3.05) is 26.7 Å². The highest BCUT2D eigenvalue weighted by Gasteiger charge is 2.26. The van der Waals surface area contributed by atoms with Crippen LogP contribution in [0.25, 0.3) is 5.65 Å². The molecule has 148 valence electrons. The zero-order chi connectivity index (χ0) is 18.8. The summed E-state index contributed by atoms with van der Waals surface area (Å²) in [6.07, 6.45) is 1.60. The number of nitrogens with zero attached hydrogens (tertiary/aromatic N) is 3. The van der Waals surface area contributed by atoms with E-state index in [1.165, 1.54) is 4.40 Å². The molecule has 28 heavy (non-hydrogen) atoms. The zero-order valence-corrected chi connectivity index (χ0v) is 17.0. The van der Waals surface area contributed by atoms with Crippen LogP contribution in [0, 0.1) is 0 Å². The second-order valence-corrected chi connectivity index (χ2v) is 7.03. The van der Waals surface area contributed by atoms with E-state index in [1.54, 1.807) is 31.5 Å². The molecular weight excluding hydrogens is 399 g/mol. The molecule has 0 bridgehead atoms. The van der Waals surface area contributed by atoms with E-state index in [0.717, 1.165) is 36.6 Å². The Morgan fingerprint density at radius 1 is 1.29 bits per heavy atom. The molecule has 0 spiro atoms. The summed E-state index contributed by atoms with van der Waals surface area (Å²) in [7, 11) is 1.69. The molecule has 1 aromatic carbocycles. The van der Waals surface area contributed by atoms with Gasteiger partial charge >= 0.3 is 0 Å². The summed E-state index contributed by atoms with van der Waals surface area (Å²) in [6.45, 7) is 3.18. The molecule has 6 nitrogen and oxygen atoms in total. The number of methoxy groups -OCH3 is 1. The van der Waals surface area contributed by atoms with Crippen LogP contribution in [0.15, 0.2) is 53.5 Å². The molecule has 0 amide bonds. The molecule has 0 radical (unpaired) electrons. The Morgan fingerprint density at radius 2 is 2.11 bits per heavy atom. The minimum atomic E-state index is -0.124. The van der Waals surface area contributed by atoms with Gasteiger partial charge in [-0.05, 0) is 18.2 Å². The van der Waals surface area contributed by atoms with E-state index in [0.29, 0.717) is 17.2 Å². The molecule has 1 N–H and O–H groups in total. The van der Waals surface area contributed by atoms with Gasteiger partial charge in [0.15, 0.2) is 0 Å². The summed E-state index contributed by atoms with van der Waals surface area (Å²) in [5.74, 6) is 0.873. The first kappa shape index (κ1) is 20.6. The second kappa shape index (κ2) is 8.92. The number of rotatable bonds is 4. The monoisotopic (exact) mass is 420 g/mol. The van der Waals surface area contributed by atoms with Crippen LogP contribution in [-0.2, 0) is 6.54 Å². The summed E-state index contributed by atoms with van der Waals surface area (Å²) in [6, 6.07) is 13.3. The number of para-hydroxylation sites is 1. The van der Waals surface area contributed by atoms with Crippen LogP contribution in [0.1, 0.15) is 17.3 Å². The van der Waals surface area contributed by atoms with Gasteiger partial charge in [-0.3, -0.25) is 14.1 Å². The number of nitrogens with one attached hydrogen (secondary N) is 1. The van der Waals surface area contributed by atoms with E-state index in [9.17, 15) is 4.79 Å². The Labute approximate surface area is 174 Å². The minimum absolute atomic E-state index is 0. The summed E-state index contributed by atoms with van der Waals surface area (Å²) in [4.78, 5) is 19.4. The fourth-order valence-corrected chi connectivity index (χ4v) is 3.76. The third-order valence-electron chi connectivity index (χ3n) is 4.89. The number of benzene rings is 1. The number of pyridine rings is 1. The molecule has 1 fully saturated rings. The van der Waals surface area contributed by atoms with Crippen molar-refractivity contribution in [2.24, 2.45) is 0 Å². The summed E-state index contributed by atoms with van der Waals surface area (Å²) in [5.41, 5.74) is 2.37. The molecule has 0 saturated carbocycles. The first-order valence-electron chi connectivity index (χ1n) is 8.91. The van der Waals surface area contributed by atoms with Crippen molar-refractivity contribution in [1.82, 2.24) is 19.6 Å². The number of piperazine rings is 1. The van der Waals surface area contributed by atoms with E-state index in [2.05, 4.69) is 21.3 Å². The van der Waals surface area contributed by atoms with Gasteiger partial charge in [0.05, 0.1) is 23.9 Å². The summed E-state index contributed by atoms with van der Waals surface area (Å²) < 4.78 is 7.02. The molecular formula is C20H22Cl2N4O2. The molecule has 1 saturated heterocycles. The van der Waals surface area contributed by atoms with Gasteiger partial charge < -0.3 is 10.1 Å². The Balaban J connectivity index is 0.00000225. The van der Waals surface area contributed by atoms with Crippen LogP contribution in [0.2, 0.25) is 5.02 Å². The van der Waals surface area contributed by atoms with Gasteiger partial charge in [0.2, 0.25) is 0 Å². The fourth-order valence-electron chi connectivity index (χ4n) is 3.60. The Morgan fingerprint density at radius 3 is 2.93 bits per heavy atom. The van der Waals surface area contributed by atoms with Gasteiger partial charge in [0, 0.05) is 44.0 Å². The standard InChI is InChI=1S/C20H21ClN4O2.ClH/c1-27-18-5-3-2-4-16(18)17-11-22-8-9-24(17)13-15-10-20(26)25-12-14(21)6-7-19(25)23-15;/h2-7,10,12,17,22H,8-9,11,13H2,1H3;1H. The van der Waals surface area contributed by atoms with Crippen LogP contribution in [0.4, 0.5) is 0 Å². The van der Waals surface area contributed by atoms with Crippen LogP contribution in [0.3, 0.4) is 0 Å². The van der Waals surface area contributed by atoms with Crippen molar-refractivity contribution in [3.05, 3.63) is 75.3 Å². The Kier molecular flexibility index (Phi) is 6.57. The second-order valence-electron chi connectivity index (χ2n) is 6.59. The molecule has 1 atom stereocenters. The Bertz CT molecular complexity index is 1020. The van der Waals surface area contributed by atoms with Crippen LogP contribution < -0.4 is 15.6 Å². The lowest BCUT2D eigenvalue weighted by molar-refractivity contribution is 0.149. The van der Waals surface area contributed by atoms with Gasteiger partial charge in [-0.15, -0.1) is 12.4 Å². The predicted octanol–water partition coefficient (Wildman–Crippen LogP) is 2.92. The maximum Gasteiger partial charge on any atom is 0.258 e. The number of fused-ring (bicyclic) bond motifs is 1. The lowest BCUT2D eigenvalue weighted by Crippen LogP contribution is -2.45. The molecule has 1 aliphatic heterocycles. The van der Waals surface area contributed by atoms with Gasteiger partial charge in [0.1, 0.15) is 11.4 Å². The third-order valence-corrected chi connectivity index (χ3v) is 5.12. The lowest BCUT2D eigenvalue weighted by Gasteiger charge is -2.36. The molecule has 8 heteroatoms. The molecule has 3 heterocycles. The smallest absolute Gasteiger partial charge is 0.258 e. The highest BCUT2D eigenvalue weighted by molar-refractivity contribution is 6.30. The molecule has 2 aromatic heterocycles. The molecule has 0 aliphatic carbocycles. The maximum atomic E-state index is 12.5. The van der Waals surface area contributed by atoms with Crippen molar-refractivity contribution < 1.29 is 4.74 Å². The predicted molar refractivity (Wildman–Crippen MR) is 113 cm³/mol. The third kappa shape index (κ3) is 4.15. The van der Waals surface area contributed by atoms with E-state index >= 15 is 0 Å². The highest BCUT2D eigenvalue weighted by Crippen LogP contribution is 2.30.